The van der Waals surface area contributed by atoms with Gasteiger partial charge in [0.15, 0.2) is 0 Å². The van der Waals surface area contributed by atoms with Crippen LogP contribution >= 0.6 is 0 Å². The highest BCUT2D eigenvalue weighted by molar-refractivity contribution is 7.85. The van der Waals surface area contributed by atoms with Crippen molar-refractivity contribution in [3.8, 4) is 0 Å². The zero-order chi connectivity index (χ0) is 23.8. The number of carboxylic acid groups (broad SMARTS) is 1. The number of amides is 3. The monoisotopic (exact) mass is 471 g/mol. The van der Waals surface area contributed by atoms with E-state index in [2.05, 4.69) is 16.0 Å². The van der Waals surface area contributed by atoms with Crippen LogP contribution in [-0.4, -0.2) is 56.9 Å². The Morgan fingerprint density at radius 2 is 1.52 bits per heavy atom. The van der Waals surface area contributed by atoms with Crippen molar-refractivity contribution in [3.05, 3.63) is 66.2 Å². The maximum Gasteiger partial charge on any atom is 0.326 e. The average molecular weight is 472 g/mol. The molecule has 1 fully saturated rings. The number of aliphatic carboxylic acids is 1. The van der Waals surface area contributed by atoms with Gasteiger partial charge in [0, 0.05) is 17.1 Å². The number of carbonyl (C=O) groups is 4. The number of nitrogens with one attached hydrogen (secondary N) is 3. The number of hydrogen-bond donors (Lipinski definition) is 4. The summed E-state index contributed by atoms with van der Waals surface area (Å²) in [6, 6.07) is 14.7. The number of hydrogen-bond acceptors (Lipinski definition) is 5. The summed E-state index contributed by atoms with van der Waals surface area (Å²) in [5.41, 5.74) is 0.881. The van der Waals surface area contributed by atoms with Crippen molar-refractivity contribution in [2.75, 3.05) is 5.75 Å². The third kappa shape index (κ3) is 6.98. The van der Waals surface area contributed by atoms with E-state index in [1.54, 1.807) is 30.3 Å². The van der Waals surface area contributed by atoms with Crippen LogP contribution in [-0.2, 0) is 36.4 Å². The van der Waals surface area contributed by atoms with E-state index in [-0.39, 0.29) is 12.2 Å². The van der Waals surface area contributed by atoms with Crippen LogP contribution < -0.4 is 16.0 Å². The van der Waals surface area contributed by atoms with Crippen molar-refractivity contribution in [2.45, 2.75) is 42.3 Å². The standard InChI is InChI=1S/C23H25N3O6S/c27-20(24-17(23(30)31)11-12-33(32)16-9-5-2-6-10-16)14-19-22(29)25-18(21(28)26-19)13-15-7-3-1-4-8-15/h1-10,17-19H,11-14H2,(H,24,27)(H,25,29)(H,26,28)(H,30,31)/t17-,18+,19+,33-/m1/s1. The largest absolute Gasteiger partial charge is 0.480 e. The van der Waals surface area contributed by atoms with E-state index in [4.69, 9.17) is 0 Å². The minimum Gasteiger partial charge on any atom is -0.480 e. The van der Waals surface area contributed by atoms with E-state index >= 15 is 0 Å². The van der Waals surface area contributed by atoms with Gasteiger partial charge in [-0.05, 0) is 24.1 Å². The van der Waals surface area contributed by atoms with Crippen LogP contribution in [0.4, 0.5) is 0 Å². The second-order valence-corrected chi connectivity index (χ2v) is 9.20. The lowest BCUT2D eigenvalue weighted by molar-refractivity contribution is -0.142. The number of benzene rings is 2. The summed E-state index contributed by atoms with van der Waals surface area (Å²) >= 11 is 0. The minimum absolute atomic E-state index is 0.0447. The lowest BCUT2D eigenvalue weighted by Gasteiger charge is -2.29. The number of rotatable bonds is 10. The van der Waals surface area contributed by atoms with Gasteiger partial charge in [0.2, 0.25) is 17.7 Å². The first-order chi connectivity index (χ1) is 15.8. The Bertz CT molecular complexity index is 1030. The molecule has 10 heteroatoms. The van der Waals surface area contributed by atoms with Gasteiger partial charge in [0.05, 0.1) is 17.2 Å². The predicted octanol–water partition coefficient (Wildman–Crippen LogP) is 0.370. The molecule has 1 aliphatic heterocycles. The van der Waals surface area contributed by atoms with Crippen LogP contribution in [0.5, 0.6) is 0 Å². The molecule has 0 saturated carbocycles. The van der Waals surface area contributed by atoms with Crippen LogP contribution in [0.15, 0.2) is 65.6 Å². The van der Waals surface area contributed by atoms with Crippen molar-refractivity contribution >= 4 is 34.5 Å². The fourth-order valence-corrected chi connectivity index (χ4v) is 4.57. The summed E-state index contributed by atoms with van der Waals surface area (Å²) in [6.07, 6.45) is -0.136. The normalized spacial score (nSPS) is 19.6. The second-order valence-electron chi connectivity index (χ2n) is 7.63. The van der Waals surface area contributed by atoms with Crippen molar-refractivity contribution in [3.63, 3.8) is 0 Å². The van der Waals surface area contributed by atoms with E-state index in [1.807, 2.05) is 30.3 Å². The molecule has 3 amide bonds. The molecule has 33 heavy (non-hydrogen) atoms. The Balaban J connectivity index is 1.51. The molecule has 1 saturated heterocycles. The van der Waals surface area contributed by atoms with Crippen LogP contribution in [0.25, 0.3) is 0 Å². The molecule has 0 bridgehead atoms. The molecule has 0 spiro atoms. The zero-order valence-corrected chi connectivity index (χ0v) is 18.5. The molecule has 1 heterocycles. The van der Waals surface area contributed by atoms with Crippen LogP contribution in [0, 0.1) is 0 Å². The van der Waals surface area contributed by atoms with Gasteiger partial charge in [-0.2, -0.15) is 0 Å². The topological polar surface area (TPSA) is 142 Å². The minimum atomic E-state index is -1.41. The molecule has 2 aromatic rings. The highest BCUT2D eigenvalue weighted by Crippen LogP contribution is 2.10. The fourth-order valence-electron chi connectivity index (χ4n) is 3.42. The summed E-state index contributed by atoms with van der Waals surface area (Å²) in [5.74, 6) is -2.85. The maximum atomic E-state index is 12.4. The van der Waals surface area contributed by atoms with Crippen LogP contribution in [0.3, 0.4) is 0 Å². The summed E-state index contributed by atoms with van der Waals surface area (Å²) < 4.78 is 12.3. The van der Waals surface area contributed by atoms with E-state index in [0.717, 1.165) is 5.56 Å². The summed E-state index contributed by atoms with van der Waals surface area (Å²) in [7, 11) is -1.41. The Morgan fingerprint density at radius 1 is 0.939 bits per heavy atom. The molecule has 4 atom stereocenters. The first kappa shape index (κ1) is 24.1. The predicted molar refractivity (Wildman–Crippen MR) is 121 cm³/mol. The molecular weight excluding hydrogens is 446 g/mol. The number of carbonyl (C=O) groups excluding carboxylic acids is 3. The highest BCUT2D eigenvalue weighted by Gasteiger charge is 2.35. The number of piperazine rings is 1. The molecule has 0 radical (unpaired) electrons. The molecule has 0 aromatic heterocycles. The Morgan fingerprint density at radius 3 is 2.15 bits per heavy atom. The van der Waals surface area contributed by atoms with Gasteiger partial charge in [-0.25, -0.2) is 4.79 Å². The molecule has 4 N–H and O–H groups in total. The van der Waals surface area contributed by atoms with Gasteiger partial charge in [-0.15, -0.1) is 0 Å². The zero-order valence-electron chi connectivity index (χ0n) is 17.7. The summed E-state index contributed by atoms with van der Waals surface area (Å²) in [5, 5.41) is 16.9. The molecule has 1 aliphatic rings. The molecule has 2 aromatic carbocycles. The van der Waals surface area contributed by atoms with E-state index in [0.29, 0.717) is 11.3 Å². The molecule has 0 aliphatic carbocycles. The first-order valence-corrected chi connectivity index (χ1v) is 11.8. The highest BCUT2D eigenvalue weighted by atomic mass is 32.2. The van der Waals surface area contributed by atoms with E-state index in [9.17, 15) is 28.5 Å². The van der Waals surface area contributed by atoms with Gasteiger partial charge >= 0.3 is 5.97 Å². The fraction of sp³-hybridized carbons (Fsp3) is 0.304. The van der Waals surface area contributed by atoms with Crippen molar-refractivity contribution in [1.82, 2.24) is 16.0 Å². The van der Waals surface area contributed by atoms with Crippen LogP contribution in [0.1, 0.15) is 18.4 Å². The third-order valence-electron chi connectivity index (χ3n) is 5.17. The van der Waals surface area contributed by atoms with Crippen molar-refractivity contribution < 1.29 is 28.5 Å². The quantitative estimate of drug-likeness (QED) is 0.395. The smallest absolute Gasteiger partial charge is 0.326 e. The Labute approximate surface area is 193 Å². The molecular formula is C23H25N3O6S. The SMILES string of the molecule is O=C(C[C@@H]1NC(=O)[C@H](Cc2ccccc2)NC1=O)N[C@H](CC[S@@](=O)c1ccccc1)C(=O)O. The molecule has 9 nitrogen and oxygen atoms in total. The second kappa shape index (κ2) is 11.4. The third-order valence-corrected chi connectivity index (χ3v) is 6.57. The average Bonchev–Trinajstić information content (AvgIpc) is 2.80. The Hall–Kier alpha value is -3.53. The van der Waals surface area contributed by atoms with Gasteiger partial charge < -0.3 is 21.1 Å². The van der Waals surface area contributed by atoms with Gasteiger partial charge in [-0.3, -0.25) is 18.6 Å². The summed E-state index contributed by atoms with van der Waals surface area (Å²) in [6.45, 7) is 0. The van der Waals surface area contributed by atoms with E-state index in [1.165, 1.54) is 0 Å². The van der Waals surface area contributed by atoms with Crippen molar-refractivity contribution in [1.29, 1.82) is 0 Å². The van der Waals surface area contributed by atoms with Crippen molar-refractivity contribution in [2.24, 2.45) is 0 Å². The summed E-state index contributed by atoms with van der Waals surface area (Å²) in [4.78, 5) is 49.3. The number of carboxylic acids is 1. The molecule has 174 valence electrons. The lowest BCUT2D eigenvalue weighted by Crippen LogP contribution is -2.63. The molecule has 3 rings (SSSR count). The van der Waals surface area contributed by atoms with Gasteiger partial charge in [0.1, 0.15) is 18.1 Å². The molecule has 0 unspecified atom stereocenters. The van der Waals surface area contributed by atoms with Gasteiger partial charge in [0.25, 0.3) is 0 Å². The van der Waals surface area contributed by atoms with E-state index < -0.39 is 59.0 Å². The Kier molecular flexibility index (Phi) is 8.31. The van der Waals surface area contributed by atoms with Gasteiger partial charge in [-0.1, -0.05) is 48.5 Å². The first-order valence-electron chi connectivity index (χ1n) is 10.4. The maximum absolute atomic E-state index is 12.4. The lowest BCUT2D eigenvalue weighted by atomic mass is 10.0. The van der Waals surface area contributed by atoms with Crippen LogP contribution in [0.2, 0.25) is 0 Å².